The molecular formula is C18H21ClN2O5. The van der Waals surface area contributed by atoms with Gasteiger partial charge in [0.1, 0.15) is 5.75 Å². The highest BCUT2D eigenvalue weighted by Crippen LogP contribution is 2.27. The van der Waals surface area contributed by atoms with Gasteiger partial charge in [0.25, 0.3) is 5.91 Å². The van der Waals surface area contributed by atoms with E-state index in [2.05, 4.69) is 5.32 Å². The molecule has 0 fully saturated rings. The zero-order valence-corrected chi connectivity index (χ0v) is 15.6. The molecule has 0 saturated carbocycles. The molecule has 0 unspecified atom stereocenters. The number of esters is 1. The first kappa shape index (κ1) is 21.2. The lowest BCUT2D eigenvalue weighted by Gasteiger charge is -2.17. The predicted molar refractivity (Wildman–Crippen MR) is 99.2 cm³/mol. The lowest BCUT2D eigenvalue weighted by Crippen LogP contribution is -2.37. The van der Waals surface area contributed by atoms with Crippen LogP contribution in [0.3, 0.4) is 0 Å². The minimum absolute atomic E-state index is 0.222. The van der Waals surface area contributed by atoms with Crippen LogP contribution in [0.5, 0.6) is 5.75 Å². The molecule has 1 aromatic carbocycles. The van der Waals surface area contributed by atoms with Crippen LogP contribution in [-0.4, -0.2) is 50.0 Å². The van der Waals surface area contributed by atoms with Crippen LogP contribution in [0.2, 0.25) is 5.02 Å². The molecule has 26 heavy (non-hydrogen) atoms. The lowest BCUT2D eigenvalue weighted by molar-refractivity contribution is -0.148. The summed E-state index contributed by atoms with van der Waals surface area (Å²) in [5.74, 6) is -1.15. The van der Waals surface area contributed by atoms with Gasteiger partial charge < -0.3 is 19.7 Å². The highest BCUT2D eigenvalue weighted by molar-refractivity contribution is 6.31. The molecule has 140 valence electrons. The van der Waals surface area contributed by atoms with E-state index in [0.717, 1.165) is 4.90 Å². The molecule has 1 N–H and O–H groups in total. The second kappa shape index (κ2) is 10.9. The second-order valence-corrected chi connectivity index (χ2v) is 5.57. The fourth-order valence-corrected chi connectivity index (χ4v) is 1.98. The van der Waals surface area contributed by atoms with Gasteiger partial charge in [-0.05, 0) is 25.1 Å². The van der Waals surface area contributed by atoms with Crippen molar-refractivity contribution in [2.45, 2.75) is 6.92 Å². The fourth-order valence-electron chi connectivity index (χ4n) is 1.81. The Labute approximate surface area is 157 Å². The van der Waals surface area contributed by atoms with E-state index < -0.39 is 24.4 Å². The molecule has 0 atom stereocenters. The highest BCUT2D eigenvalue weighted by atomic mass is 35.5. The maximum Gasteiger partial charge on any atom is 0.331 e. The third-order valence-electron chi connectivity index (χ3n) is 3.12. The van der Waals surface area contributed by atoms with E-state index in [1.807, 2.05) is 0 Å². The molecule has 0 aromatic heterocycles. The molecule has 1 aromatic rings. The Hall–Kier alpha value is -2.80. The van der Waals surface area contributed by atoms with Crippen molar-refractivity contribution in [1.29, 1.82) is 0 Å². The summed E-state index contributed by atoms with van der Waals surface area (Å²) in [6, 6.07) is 4.79. The monoisotopic (exact) mass is 380 g/mol. The molecule has 7 nitrogen and oxygen atoms in total. The molecule has 0 aliphatic heterocycles. The summed E-state index contributed by atoms with van der Waals surface area (Å²) in [6.07, 6.45) is 6.10. The van der Waals surface area contributed by atoms with E-state index in [1.165, 1.54) is 26.3 Å². The number of carbonyl (C=O) groups is 3. The van der Waals surface area contributed by atoms with E-state index in [4.69, 9.17) is 21.1 Å². The molecule has 0 radical (unpaired) electrons. The summed E-state index contributed by atoms with van der Waals surface area (Å²) < 4.78 is 9.94. The number of benzene rings is 1. The van der Waals surface area contributed by atoms with E-state index in [1.54, 1.807) is 37.3 Å². The molecule has 2 amide bonds. The number of ether oxygens (including phenoxy) is 2. The minimum atomic E-state index is -0.641. The van der Waals surface area contributed by atoms with Crippen LogP contribution in [0.1, 0.15) is 6.92 Å². The summed E-state index contributed by atoms with van der Waals surface area (Å²) >= 11 is 5.90. The Bertz CT molecular complexity index is 716. The molecule has 0 saturated heterocycles. The maximum atomic E-state index is 12.1. The Morgan fingerprint density at radius 1 is 1.27 bits per heavy atom. The molecule has 0 bridgehead atoms. The van der Waals surface area contributed by atoms with Gasteiger partial charge in [0.15, 0.2) is 6.61 Å². The largest absolute Gasteiger partial charge is 0.495 e. The number of hydrogen-bond donors (Lipinski definition) is 1. The third kappa shape index (κ3) is 7.40. The van der Waals surface area contributed by atoms with Crippen LogP contribution in [0.15, 0.2) is 42.5 Å². The van der Waals surface area contributed by atoms with Crippen molar-refractivity contribution >= 4 is 35.1 Å². The average Bonchev–Trinajstić information content (AvgIpc) is 2.60. The number of methoxy groups -OCH3 is 1. The number of likely N-dealkylation sites (N-methyl/N-ethyl adjacent to an activating group) is 1. The number of carbonyl (C=O) groups excluding carboxylic acids is 3. The Morgan fingerprint density at radius 2 is 2.00 bits per heavy atom. The number of nitrogens with zero attached hydrogens (tertiary/aromatic N) is 1. The number of amides is 2. The van der Waals surface area contributed by atoms with E-state index >= 15 is 0 Å². The average molecular weight is 381 g/mol. The first-order chi connectivity index (χ1) is 12.4. The van der Waals surface area contributed by atoms with Crippen LogP contribution >= 0.6 is 11.6 Å². The Morgan fingerprint density at radius 3 is 2.65 bits per heavy atom. The van der Waals surface area contributed by atoms with E-state index in [9.17, 15) is 14.4 Å². The predicted octanol–water partition coefficient (Wildman–Crippen LogP) is 2.42. The van der Waals surface area contributed by atoms with E-state index in [0.29, 0.717) is 16.5 Å². The van der Waals surface area contributed by atoms with Gasteiger partial charge in [-0.25, -0.2) is 4.79 Å². The van der Waals surface area contributed by atoms with Gasteiger partial charge in [0.05, 0.1) is 19.3 Å². The molecule has 0 spiro atoms. The van der Waals surface area contributed by atoms with Crippen molar-refractivity contribution in [2.24, 2.45) is 0 Å². The molecule has 0 aliphatic rings. The van der Waals surface area contributed by atoms with Gasteiger partial charge in [0.2, 0.25) is 5.91 Å². The van der Waals surface area contributed by atoms with Crippen LogP contribution < -0.4 is 10.1 Å². The van der Waals surface area contributed by atoms with Crippen molar-refractivity contribution in [1.82, 2.24) is 4.90 Å². The van der Waals surface area contributed by atoms with Gasteiger partial charge in [-0.3, -0.25) is 9.59 Å². The minimum Gasteiger partial charge on any atom is -0.495 e. The maximum absolute atomic E-state index is 12.1. The van der Waals surface area contributed by atoms with Gasteiger partial charge in [-0.2, -0.15) is 0 Å². The molecule has 0 aliphatic carbocycles. The summed E-state index contributed by atoms with van der Waals surface area (Å²) in [7, 11) is 2.90. The van der Waals surface area contributed by atoms with Gasteiger partial charge in [-0.1, -0.05) is 29.8 Å². The normalized spacial score (nSPS) is 10.8. The van der Waals surface area contributed by atoms with Crippen LogP contribution in [0.4, 0.5) is 5.69 Å². The zero-order chi connectivity index (χ0) is 19.5. The SMILES string of the molecule is C/C=C/C=C/C(=O)OCC(=O)N(C)CC(=O)Nc1cc(Cl)ccc1OC. The molecular weight excluding hydrogens is 360 g/mol. The van der Waals surface area contributed by atoms with Crippen molar-refractivity contribution in [3.63, 3.8) is 0 Å². The number of rotatable bonds is 8. The Balaban J connectivity index is 2.52. The lowest BCUT2D eigenvalue weighted by atomic mass is 10.3. The number of halogens is 1. The van der Waals surface area contributed by atoms with Gasteiger partial charge in [-0.15, -0.1) is 0 Å². The van der Waals surface area contributed by atoms with Gasteiger partial charge >= 0.3 is 5.97 Å². The van der Waals surface area contributed by atoms with Crippen LogP contribution in [0, 0.1) is 0 Å². The first-order valence-corrected chi connectivity index (χ1v) is 8.08. The third-order valence-corrected chi connectivity index (χ3v) is 3.35. The van der Waals surface area contributed by atoms with Crippen molar-refractivity contribution in [2.75, 3.05) is 32.6 Å². The van der Waals surface area contributed by atoms with Crippen LogP contribution in [-0.2, 0) is 19.1 Å². The molecule has 0 heterocycles. The number of hydrogen-bond acceptors (Lipinski definition) is 5. The standard InChI is InChI=1S/C18H21ClN2O5/c1-4-5-6-7-18(24)26-12-17(23)21(2)11-16(22)20-14-10-13(19)8-9-15(14)25-3/h4-10H,11-12H2,1-3H3,(H,20,22)/b5-4+,7-6+. The van der Waals surface area contributed by atoms with Crippen molar-refractivity contribution in [3.05, 3.63) is 47.5 Å². The topological polar surface area (TPSA) is 84.9 Å². The van der Waals surface area contributed by atoms with Crippen molar-refractivity contribution in [3.8, 4) is 5.75 Å². The highest BCUT2D eigenvalue weighted by Gasteiger charge is 2.16. The van der Waals surface area contributed by atoms with Crippen molar-refractivity contribution < 1.29 is 23.9 Å². The summed E-state index contributed by atoms with van der Waals surface area (Å²) in [5, 5.41) is 3.05. The molecule has 8 heteroatoms. The first-order valence-electron chi connectivity index (χ1n) is 7.70. The number of anilines is 1. The van der Waals surface area contributed by atoms with Gasteiger partial charge in [0, 0.05) is 18.1 Å². The summed E-state index contributed by atoms with van der Waals surface area (Å²) in [6.45, 7) is 1.13. The fraction of sp³-hybridized carbons (Fsp3) is 0.278. The zero-order valence-electron chi connectivity index (χ0n) is 14.8. The second-order valence-electron chi connectivity index (χ2n) is 5.14. The summed E-state index contributed by atoms with van der Waals surface area (Å²) in [4.78, 5) is 36.6. The van der Waals surface area contributed by atoms with E-state index in [-0.39, 0.29) is 6.54 Å². The Kier molecular flexibility index (Phi) is 8.94. The number of nitrogens with one attached hydrogen (secondary N) is 1. The summed E-state index contributed by atoms with van der Waals surface area (Å²) in [5.41, 5.74) is 0.395. The number of allylic oxidation sites excluding steroid dienone is 3. The van der Waals surface area contributed by atoms with Crippen LogP contribution in [0.25, 0.3) is 0 Å². The quantitative estimate of drug-likeness (QED) is 0.425. The molecule has 1 rings (SSSR count). The smallest absolute Gasteiger partial charge is 0.331 e.